The zero-order chi connectivity index (χ0) is 20.4. The van der Waals surface area contributed by atoms with E-state index in [1.807, 2.05) is 25.1 Å². The Kier molecular flexibility index (Phi) is 5.40. The first-order valence-electron chi connectivity index (χ1n) is 9.82. The standard InChI is InChI=1S/C22H23FN4O2/c1-2-27-19-9-8-17(23)14-18(19)21(28)20(24-27)22(29)26-12-10-25(11-13-26)15-16-6-4-3-5-7-16/h3-9,14H,2,10-13,15H2,1H3. The molecule has 29 heavy (non-hydrogen) atoms. The molecule has 6 nitrogen and oxygen atoms in total. The summed E-state index contributed by atoms with van der Waals surface area (Å²) in [5.74, 6) is -0.890. The van der Waals surface area contributed by atoms with E-state index in [9.17, 15) is 14.0 Å². The number of hydrogen-bond acceptors (Lipinski definition) is 4. The van der Waals surface area contributed by atoms with Gasteiger partial charge in [-0.25, -0.2) is 4.39 Å². The molecule has 2 aromatic carbocycles. The first kappa shape index (κ1) is 19.3. The molecule has 2 heterocycles. The predicted octanol–water partition coefficient (Wildman–Crippen LogP) is 2.51. The first-order chi connectivity index (χ1) is 14.1. The summed E-state index contributed by atoms with van der Waals surface area (Å²) in [6, 6.07) is 14.2. The van der Waals surface area contributed by atoms with Gasteiger partial charge in [-0.1, -0.05) is 30.3 Å². The Balaban J connectivity index is 1.54. The second kappa shape index (κ2) is 8.13. The van der Waals surface area contributed by atoms with Crippen LogP contribution in [0.4, 0.5) is 4.39 Å². The van der Waals surface area contributed by atoms with Gasteiger partial charge in [-0.3, -0.25) is 19.2 Å². The number of halogens is 1. The molecule has 1 saturated heterocycles. The minimum absolute atomic E-state index is 0.138. The fourth-order valence-electron chi connectivity index (χ4n) is 3.74. The van der Waals surface area contributed by atoms with Gasteiger partial charge in [0, 0.05) is 39.3 Å². The molecule has 1 aliphatic rings. The maximum absolute atomic E-state index is 13.7. The molecular weight excluding hydrogens is 371 g/mol. The molecule has 4 rings (SSSR count). The first-order valence-corrected chi connectivity index (χ1v) is 9.82. The van der Waals surface area contributed by atoms with Gasteiger partial charge in [0.15, 0.2) is 5.69 Å². The number of fused-ring (bicyclic) bond motifs is 1. The molecule has 1 aromatic heterocycles. The molecule has 0 atom stereocenters. The molecule has 0 radical (unpaired) electrons. The van der Waals surface area contributed by atoms with Crippen molar-refractivity contribution in [3.8, 4) is 0 Å². The second-order valence-corrected chi connectivity index (χ2v) is 7.21. The van der Waals surface area contributed by atoms with Gasteiger partial charge in [-0.2, -0.15) is 5.10 Å². The van der Waals surface area contributed by atoms with Crippen LogP contribution in [0.15, 0.2) is 53.3 Å². The van der Waals surface area contributed by atoms with Crippen molar-refractivity contribution in [2.75, 3.05) is 26.2 Å². The number of benzene rings is 2. The van der Waals surface area contributed by atoms with Crippen molar-refractivity contribution in [2.45, 2.75) is 20.0 Å². The van der Waals surface area contributed by atoms with Gasteiger partial charge < -0.3 is 4.90 Å². The number of amides is 1. The van der Waals surface area contributed by atoms with Crippen LogP contribution in [-0.4, -0.2) is 51.7 Å². The van der Waals surface area contributed by atoms with E-state index in [2.05, 4.69) is 22.1 Å². The van der Waals surface area contributed by atoms with E-state index in [1.54, 1.807) is 9.58 Å². The quantitative estimate of drug-likeness (QED) is 0.682. The van der Waals surface area contributed by atoms with E-state index in [0.717, 1.165) is 19.6 Å². The molecule has 7 heteroatoms. The minimum Gasteiger partial charge on any atom is -0.335 e. The molecule has 150 valence electrons. The number of aryl methyl sites for hydroxylation is 1. The zero-order valence-electron chi connectivity index (χ0n) is 16.3. The second-order valence-electron chi connectivity index (χ2n) is 7.21. The highest BCUT2D eigenvalue weighted by Gasteiger charge is 2.26. The molecular formula is C22H23FN4O2. The minimum atomic E-state index is -0.513. The van der Waals surface area contributed by atoms with Gasteiger partial charge in [0.25, 0.3) is 5.91 Å². The fraction of sp³-hybridized carbons (Fsp3) is 0.318. The summed E-state index contributed by atoms with van der Waals surface area (Å²) in [7, 11) is 0. The maximum Gasteiger partial charge on any atom is 0.278 e. The summed E-state index contributed by atoms with van der Waals surface area (Å²) in [5, 5.41) is 4.48. The van der Waals surface area contributed by atoms with Gasteiger partial charge in [-0.15, -0.1) is 0 Å². The molecule has 3 aromatic rings. The molecule has 0 aliphatic carbocycles. The number of piperazine rings is 1. The van der Waals surface area contributed by atoms with Crippen LogP contribution in [-0.2, 0) is 13.1 Å². The summed E-state index contributed by atoms with van der Waals surface area (Å²) in [5.41, 5.74) is 1.11. The summed E-state index contributed by atoms with van der Waals surface area (Å²) in [6.45, 7) is 5.69. The average molecular weight is 394 g/mol. The number of rotatable bonds is 4. The smallest absolute Gasteiger partial charge is 0.278 e. The van der Waals surface area contributed by atoms with Crippen LogP contribution in [0.25, 0.3) is 10.9 Å². The lowest BCUT2D eigenvalue weighted by atomic mass is 10.1. The number of nitrogens with zero attached hydrogens (tertiary/aromatic N) is 4. The third-order valence-electron chi connectivity index (χ3n) is 5.33. The highest BCUT2D eigenvalue weighted by atomic mass is 19.1. The van der Waals surface area contributed by atoms with Crippen LogP contribution in [0.5, 0.6) is 0 Å². The Morgan fingerprint density at radius 2 is 1.79 bits per heavy atom. The molecule has 0 bridgehead atoms. The molecule has 0 N–H and O–H groups in total. The van der Waals surface area contributed by atoms with Crippen LogP contribution in [0.3, 0.4) is 0 Å². The summed E-state index contributed by atoms with van der Waals surface area (Å²) < 4.78 is 15.3. The van der Waals surface area contributed by atoms with Crippen molar-refractivity contribution >= 4 is 16.8 Å². The van der Waals surface area contributed by atoms with Crippen molar-refractivity contribution in [2.24, 2.45) is 0 Å². The van der Waals surface area contributed by atoms with Crippen LogP contribution >= 0.6 is 0 Å². The van der Waals surface area contributed by atoms with Gasteiger partial charge >= 0.3 is 0 Å². The highest BCUT2D eigenvalue weighted by Crippen LogP contribution is 2.14. The van der Waals surface area contributed by atoms with E-state index in [4.69, 9.17) is 0 Å². The number of hydrogen-bond donors (Lipinski definition) is 0. The van der Waals surface area contributed by atoms with E-state index in [1.165, 1.54) is 23.8 Å². The Morgan fingerprint density at radius 3 is 2.48 bits per heavy atom. The van der Waals surface area contributed by atoms with E-state index >= 15 is 0 Å². The zero-order valence-corrected chi connectivity index (χ0v) is 16.3. The summed E-state index contributed by atoms with van der Waals surface area (Å²) in [4.78, 5) is 29.8. The van der Waals surface area contributed by atoms with Gasteiger partial charge in [0.1, 0.15) is 5.82 Å². The van der Waals surface area contributed by atoms with Gasteiger partial charge in [0.2, 0.25) is 5.43 Å². The lowest BCUT2D eigenvalue weighted by Gasteiger charge is -2.34. The summed E-state index contributed by atoms with van der Waals surface area (Å²) in [6.07, 6.45) is 0. The van der Waals surface area contributed by atoms with Gasteiger partial charge in [-0.05, 0) is 30.7 Å². The third kappa shape index (κ3) is 3.91. The predicted molar refractivity (Wildman–Crippen MR) is 109 cm³/mol. The number of carbonyl (C=O) groups excluding carboxylic acids is 1. The Labute approximate surface area is 168 Å². The van der Waals surface area contributed by atoms with E-state index in [-0.39, 0.29) is 17.0 Å². The molecule has 0 unspecified atom stereocenters. The number of aromatic nitrogens is 2. The van der Waals surface area contributed by atoms with Crippen molar-refractivity contribution in [1.82, 2.24) is 19.6 Å². The van der Waals surface area contributed by atoms with Crippen molar-refractivity contribution in [3.05, 3.63) is 75.8 Å². The molecule has 1 aliphatic heterocycles. The molecule has 0 saturated carbocycles. The lowest BCUT2D eigenvalue weighted by Crippen LogP contribution is -2.49. The van der Waals surface area contributed by atoms with Crippen LogP contribution in [0, 0.1) is 5.82 Å². The van der Waals surface area contributed by atoms with Crippen molar-refractivity contribution in [3.63, 3.8) is 0 Å². The van der Waals surface area contributed by atoms with Crippen LogP contribution in [0.2, 0.25) is 0 Å². The fourth-order valence-corrected chi connectivity index (χ4v) is 3.74. The van der Waals surface area contributed by atoms with E-state index < -0.39 is 11.2 Å². The highest BCUT2D eigenvalue weighted by molar-refractivity contribution is 5.95. The SMILES string of the molecule is CCn1nc(C(=O)N2CCN(Cc3ccccc3)CC2)c(=O)c2cc(F)ccc21. The third-order valence-corrected chi connectivity index (χ3v) is 5.33. The molecule has 1 fully saturated rings. The van der Waals surface area contributed by atoms with Crippen LogP contribution < -0.4 is 5.43 Å². The Bertz CT molecular complexity index is 1090. The van der Waals surface area contributed by atoms with Crippen LogP contribution in [0.1, 0.15) is 23.0 Å². The molecule has 0 spiro atoms. The lowest BCUT2D eigenvalue weighted by molar-refractivity contribution is 0.0619. The van der Waals surface area contributed by atoms with Crippen molar-refractivity contribution < 1.29 is 9.18 Å². The number of carbonyl (C=O) groups is 1. The van der Waals surface area contributed by atoms with Crippen molar-refractivity contribution in [1.29, 1.82) is 0 Å². The summed E-state index contributed by atoms with van der Waals surface area (Å²) >= 11 is 0. The largest absolute Gasteiger partial charge is 0.335 e. The Hall–Kier alpha value is -3.06. The Morgan fingerprint density at radius 1 is 1.07 bits per heavy atom. The van der Waals surface area contributed by atoms with Gasteiger partial charge in [0.05, 0.1) is 10.9 Å². The monoisotopic (exact) mass is 394 g/mol. The topological polar surface area (TPSA) is 58.4 Å². The average Bonchev–Trinajstić information content (AvgIpc) is 2.75. The maximum atomic E-state index is 13.7. The molecule has 1 amide bonds. The normalized spacial score (nSPS) is 15.0. The van der Waals surface area contributed by atoms with E-state index in [0.29, 0.717) is 25.2 Å².